The van der Waals surface area contributed by atoms with Gasteiger partial charge in [0.2, 0.25) is 10.0 Å². The van der Waals surface area contributed by atoms with Crippen LogP contribution in [0.25, 0.3) is 0 Å². The number of rotatable bonds is 6. The summed E-state index contributed by atoms with van der Waals surface area (Å²) in [4.78, 5) is -0.0579. The molecule has 0 aliphatic heterocycles. The molecule has 1 aromatic carbocycles. The average Bonchev–Trinajstić information content (AvgIpc) is 2.27. The van der Waals surface area contributed by atoms with E-state index in [0.717, 1.165) is 12.5 Å². The fourth-order valence-electron chi connectivity index (χ4n) is 1.36. The minimum Gasteiger partial charge on any atom is -0.330 e. The molecular formula is C11H17FN2O2S. The maximum atomic E-state index is 12.9. The first-order valence-electron chi connectivity index (χ1n) is 5.41. The van der Waals surface area contributed by atoms with Crippen LogP contribution in [0, 0.1) is 11.7 Å². The van der Waals surface area contributed by atoms with Crippen molar-refractivity contribution >= 4 is 10.0 Å². The molecule has 0 aromatic heterocycles. The Morgan fingerprint density at radius 1 is 1.47 bits per heavy atom. The number of hydrogen-bond donors (Lipinski definition) is 2. The lowest BCUT2D eigenvalue weighted by Crippen LogP contribution is -2.29. The summed E-state index contributed by atoms with van der Waals surface area (Å²) in [6, 6.07) is 4.93. The maximum absolute atomic E-state index is 12.9. The van der Waals surface area contributed by atoms with E-state index < -0.39 is 15.8 Å². The van der Waals surface area contributed by atoms with Crippen molar-refractivity contribution in [1.82, 2.24) is 4.72 Å². The normalized spacial score (nSPS) is 13.6. The van der Waals surface area contributed by atoms with Crippen LogP contribution in [-0.4, -0.2) is 21.5 Å². The van der Waals surface area contributed by atoms with Crippen LogP contribution in [0.4, 0.5) is 4.39 Å². The predicted octanol–water partition coefficient (Wildman–Crippen LogP) is 1.09. The van der Waals surface area contributed by atoms with E-state index in [9.17, 15) is 12.8 Å². The first-order chi connectivity index (χ1) is 7.95. The summed E-state index contributed by atoms with van der Waals surface area (Å²) in [5.74, 6) is -0.411. The van der Waals surface area contributed by atoms with Crippen molar-refractivity contribution in [3.05, 3.63) is 30.1 Å². The van der Waals surface area contributed by atoms with Crippen molar-refractivity contribution < 1.29 is 12.8 Å². The van der Waals surface area contributed by atoms with Gasteiger partial charge >= 0.3 is 0 Å². The summed E-state index contributed by atoms with van der Waals surface area (Å²) in [6.45, 7) is 2.72. The van der Waals surface area contributed by atoms with Crippen LogP contribution < -0.4 is 10.5 Å². The minimum absolute atomic E-state index is 0.0579. The summed E-state index contributed by atoms with van der Waals surface area (Å²) in [5.41, 5.74) is 5.37. The standard InChI is InChI=1S/C11H17FN2O2S/c1-9(5-6-13)8-14-17(15,16)11-4-2-3-10(12)7-11/h2-4,7,9,14H,5-6,8,13H2,1H3. The van der Waals surface area contributed by atoms with Crippen molar-refractivity contribution in [3.8, 4) is 0 Å². The number of sulfonamides is 1. The molecule has 6 heteroatoms. The van der Waals surface area contributed by atoms with E-state index in [0.29, 0.717) is 13.1 Å². The molecule has 96 valence electrons. The molecule has 0 aliphatic rings. The van der Waals surface area contributed by atoms with Gasteiger partial charge in [-0.3, -0.25) is 0 Å². The van der Waals surface area contributed by atoms with E-state index in [1.54, 1.807) is 0 Å². The first-order valence-corrected chi connectivity index (χ1v) is 6.89. The molecule has 0 heterocycles. The topological polar surface area (TPSA) is 72.2 Å². The van der Waals surface area contributed by atoms with Crippen LogP contribution in [0.2, 0.25) is 0 Å². The van der Waals surface area contributed by atoms with Crippen LogP contribution in [0.3, 0.4) is 0 Å². The number of halogens is 1. The predicted molar refractivity (Wildman–Crippen MR) is 64.4 cm³/mol. The average molecular weight is 260 g/mol. The second kappa shape index (κ2) is 6.09. The van der Waals surface area contributed by atoms with E-state index in [1.165, 1.54) is 18.2 Å². The van der Waals surface area contributed by atoms with Crippen molar-refractivity contribution in [3.63, 3.8) is 0 Å². The van der Waals surface area contributed by atoms with Gasteiger partial charge < -0.3 is 5.73 Å². The zero-order valence-corrected chi connectivity index (χ0v) is 10.5. The van der Waals surface area contributed by atoms with Crippen LogP contribution >= 0.6 is 0 Å². The highest BCUT2D eigenvalue weighted by atomic mass is 32.2. The summed E-state index contributed by atoms with van der Waals surface area (Å²) in [6.07, 6.45) is 0.742. The molecule has 1 unspecified atom stereocenters. The number of nitrogens with two attached hydrogens (primary N) is 1. The lowest BCUT2D eigenvalue weighted by molar-refractivity contribution is 0.515. The fraction of sp³-hybridized carbons (Fsp3) is 0.455. The Hall–Kier alpha value is -0.980. The van der Waals surface area contributed by atoms with E-state index in [2.05, 4.69) is 4.72 Å². The SMILES string of the molecule is CC(CCN)CNS(=O)(=O)c1cccc(F)c1. The fourth-order valence-corrected chi connectivity index (χ4v) is 2.55. The van der Waals surface area contributed by atoms with Gasteiger partial charge in [-0.15, -0.1) is 0 Å². The number of hydrogen-bond acceptors (Lipinski definition) is 3. The highest BCUT2D eigenvalue weighted by Gasteiger charge is 2.15. The molecule has 1 rings (SSSR count). The smallest absolute Gasteiger partial charge is 0.240 e. The lowest BCUT2D eigenvalue weighted by Gasteiger charge is -2.11. The molecule has 1 aromatic rings. The lowest BCUT2D eigenvalue weighted by atomic mass is 10.1. The maximum Gasteiger partial charge on any atom is 0.240 e. The van der Waals surface area contributed by atoms with Crippen molar-refractivity contribution in [2.75, 3.05) is 13.1 Å². The second-order valence-corrected chi connectivity index (χ2v) is 5.76. The Morgan fingerprint density at radius 3 is 2.76 bits per heavy atom. The van der Waals surface area contributed by atoms with Gasteiger partial charge in [-0.2, -0.15) is 0 Å². The third-order valence-electron chi connectivity index (χ3n) is 2.39. The molecule has 0 fully saturated rings. The van der Waals surface area contributed by atoms with E-state index >= 15 is 0 Å². The Balaban J connectivity index is 2.69. The van der Waals surface area contributed by atoms with Crippen molar-refractivity contribution in [1.29, 1.82) is 0 Å². The second-order valence-electron chi connectivity index (χ2n) is 3.99. The zero-order valence-electron chi connectivity index (χ0n) is 9.69. The minimum atomic E-state index is -3.63. The Morgan fingerprint density at radius 2 is 2.18 bits per heavy atom. The molecule has 0 aliphatic carbocycles. The van der Waals surface area contributed by atoms with Gasteiger partial charge in [0.1, 0.15) is 5.82 Å². The van der Waals surface area contributed by atoms with Gasteiger partial charge in [-0.1, -0.05) is 13.0 Å². The van der Waals surface area contributed by atoms with E-state index in [1.807, 2.05) is 6.92 Å². The van der Waals surface area contributed by atoms with Crippen molar-refractivity contribution in [2.45, 2.75) is 18.2 Å². The van der Waals surface area contributed by atoms with Gasteiger partial charge in [-0.25, -0.2) is 17.5 Å². The number of nitrogens with one attached hydrogen (secondary N) is 1. The molecule has 1 atom stereocenters. The highest BCUT2D eigenvalue weighted by molar-refractivity contribution is 7.89. The molecule has 0 saturated carbocycles. The molecule has 17 heavy (non-hydrogen) atoms. The van der Waals surface area contributed by atoms with Gasteiger partial charge in [0.15, 0.2) is 0 Å². The first kappa shape index (κ1) is 14.1. The summed E-state index contributed by atoms with van der Waals surface area (Å²) in [5, 5.41) is 0. The van der Waals surface area contributed by atoms with Crippen LogP contribution in [0.5, 0.6) is 0 Å². The summed E-state index contributed by atoms with van der Waals surface area (Å²) in [7, 11) is -3.63. The zero-order chi connectivity index (χ0) is 12.9. The van der Waals surface area contributed by atoms with Gasteiger partial charge in [0.05, 0.1) is 4.90 Å². The molecule has 0 saturated heterocycles. The number of benzene rings is 1. The largest absolute Gasteiger partial charge is 0.330 e. The van der Waals surface area contributed by atoms with Crippen molar-refractivity contribution in [2.24, 2.45) is 11.7 Å². The van der Waals surface area contributed by atoms with Gasteiger partial charge in [0.25, 0.3) is 0 Å². The van der Waals surface area contributed by atoms with Crippen LogP contribution in [0.15, 0.2) is 29.2 Å². The van der Waals surface area contributed by atoms with E-state index in [-0.39, 0.29) is 10.8 Å². The van der Waals surface area contributed by atoms with Crippen LogP contribution in [-0.2, 0) is 10.0 Å². The quantitative estimate of drug-likeness (QED) is 0.804. The Bertz CT molecular complexity index is 462. The molecule has 0 amide bonds. The molecule has 0 radical (unpaired) electrons. The van der Waals surface area contributed by atoms with Gasteiger partial charge in [0, 0.05) is 6.54 Å². The van der Waals surface area contributed by atoms with Crippen LogP contribution in [0.1, 0.15) is 13.3 Å². The molecule has 4 nitrogen and oxygen atoms in total. The third-order valence-corrected chi connectivity index (χ3v) is 3.81. The Labute approximate surface area is 101 Å². The van der Waals surface area contributed by atoms with E-state index in [4.69, 9.17) is 5.73 Å². The summed E-state index contributed by atoms with van der Waals surface area (Å²) >= 11 is 0. The molecule has 0 spiro atoms. The monoisotopic (exact) mass is 260 g/mol. The molecule has 0 bridgehead atoms. The molecular weight excluding hydrogens is 243 g/mol. The van der Waals surface area contributed by atoms with Gasteiger partial charge in [-0.05, 0) is 37.1 Å². The highest BCUT2D eigenvalue weighted by Crippen LogP contribution is 2.10. The molecule has 3 N–H and O–H groups in total. The Kier molecular flexibility index (Phi) is 5.04. The summed E-state index contributed by atoms with van der Waals surface area (Å²) < 4.78 is 38.9. The third kappa shape index (κ3) is 4.41.